The van der Waals surface area contributed by atoms with Gasteiger partial charge in [-0.25, -0.2) is 11.6 Å². The number of fused-ring (bicyclic) bond motifs is 3. The van der Waals surface area contributed by atoms with Gasteiger partial charge < -0.3 is 0 Å². The van der Waals surface area contributed by atoms with Crippen LogP contribution in [0.3, 0.4) is 0 Å². The minimum atomic E-state index is 0. The van der Waals surface area contributed by atoms with Crippen molar-refractivity contribution >= 4 is 21.5 Å². The minimum Gasteiger partial charge on any atom is -0.269 e. The molecule has 0 aliphatic heterocycles. The van der Waals surface area contributed by atoms with Crippen molar-refractivity contribution in [1.82, 2.24) is 0 Å². The summed E-state index contributed by atoms with van der Waals surface area (Å²) < 4.78 is 0. The van der Waals surface area contributed by atoms with Crippen LogP contribution in [-0.4, -0.2) is 0 Å². The summed E-state index contributed by atoms with van der Waals surface area (Å²) in [7, 11) is 0. The van der Waals surface area contributed by atoms with Crippen LogP contribution in [0, 0.1) is 6.08 Å². The van der Waals surface area contributed by atoms with Gasteiger partial charge in [0.05, 0.1) is 0 Å². The van der Waals surface area contributed by atoms with Gasteiger partial charge in [0.2, 0.25) is 0 Å². The van der Waals surface area contributed by atoms with Crippen molar-refractivity contribution in [2.75, 3.05) is 0 Å². The maximum Gasteiger partial charge on any atom is 2.00 e. The topological polar surface area (TPSA) is 0 Å². The maximum atomic E-state index is 3.46. The van der Waals surface area contributed by atoms with E-state index in [2.05, 4.69) is 133 Å². The van der Waals surface area contributed by atoms with Crippen molar-refractivity contribution in [3.63, 3.8) is 0 Å². The smallest absolute Gasteiger partial charge is 0.269 e. The monoisotopic (exact) mass is 486 g/mol. The van der Waals surface area contributed by atoms with Gasteiger partial charge in [-0.1, -0.05) is 97.1 Å². The third-order valence-electron chi connectivity index (χ3n) is 5.82. The van der Waals surface area contributed by atoms with Crippen LogP contribution in [0.1, 0.15) is 23.5 Å². The van der Waals surface area contributed by atoms with Crippen LogP contribution >= 0.6 is 0 Å². The van der Waals surface area contributed by atoms with Crippen LogP contribution in [-0.2, 0) is 26.2 Å². The summed E-state index contributed by atoms with van der Waals surface area (Å²) in [6.45, 7) is 0. The van der Waals surface area contributed by atoms with Crippen LogP contribution in [0.25, 0.3) is 21.5 Å². The summed E-state index contributed by atoms with van der Waals surface area (Å²) in [5, 5.41) is 5.39. The van der Waals surface area contributed by atoms with E-state index in [9.17, 15) is 0 Å². The molecule has 5 aromatic carbocycles. The summed E-state index contributed by atoms with van der Waals surface area (Å²) in [6, 6.07) is 40.6. The molecule has 0 N–H and O–H groups in total. The van der Waals surface area contributed by atoms with Crippen LogP contribution < -0.4 is 0 Å². The molecule has 0 aromatic heterocycles. The molecule has 0 bridgehead atoms. The number of hydrogen-bond donors (Lipinski definition) is 0. The van der Waals surface area contributed by atoms with Crippen molar-refractivity contribution in [3.05, 3.63) is 150 Å². The Bertz CT molecular complexity index is 1250. The Hall–Kier alpha value is -2.89. The van der Waals surface area contributed by atoms with Crippen LogP contribution in [0.5, 0.6) is 0 Å². The van der Waals surface area contributed by atoms with E-state index in [-0.39, 0.29) is 26.2 Å². The maximum absolute atomic E-state index is 3.46. The summed E-state index contributed by atoms with van der Waals surface area (Å²) in [4.78, 5) is 0. The largest absolute Gasteiger partial charge is 2.00 e. The molecule has 0 saturated heterocycles. The second-order valence-corrected chi connectivity index (χ2v) is 7.81. The molecule has 0 heterocycles. The number of rotatable bonds is 3. The third kappa shape index (κ3) is 4.79. The average Bonchev–Trinajstić information content (AvgIpc) is 3.49. The molecule has 0 radical (unpaired) electrons. The number of allylic oxidation sites excluding steroid dienone is 4. The van der Waals surface area contributed by atoms with E-state index in [0.717, 1.165) is 6.42 Å². The molecule has 0 atom stereocenters. The zero-order valence-corrected chi connectivity index (χ0v) is 20.4. The Morgan fingerprint density at radius 3 is 1.53 bits per heavy atom. The second kappa shape index (κ2) is 10.6. The SMILES string of the molecule is [C-]1=C(C(c2ccccc2)c2ccccc2)C=CC1.[Zr+2].c1ccc2c(c1)[cH-]c1ccccc12. The molecule has 0 fully saturated rings. The molecule has 32 heavy (non-hydrogen) atoms. The van der Waals surface area contributed by atoms with Crippen molar-refractivity contribution < 1.29 is 26.2 Å². The van der Waals surface area contributed by atoms with Crippen LogP contribution in [0.2, 0.25) is 0 Å². The van der Waals surface area contributed by atoms with E-state index < -0.39 is 0 Å². The van der Waals surface area contributed by atoms with E-state index in [1.54, 1.807) is 0 Å². The first-order chi connectivity index (χ1) is 15.4. The van der Waals surface area contributed by atoms with E-state index in [1.807, 2.05) is 0 Å². The molecule has 0 saturated carbocycles. The predicted octanol–water partition coefficient (Wildman–Crippen LogP) is 8.22. The predicted molar refractivity (Wildman–Crippen MR) is 132 cm³/mol. The Labute approximate surface area is 209 Å². The standard InChI is InChI=1S/C18H15.C13H9.Zr/c1-3-9-15(10-4-1)18(17-13-7-8-14-17)16-11-5-2-6-12-16;1-3-7-12-10(5-1)9-11-6-2-4-8-13(11)12;/h1-7,9-13,18H,8H2;1-9H;/q2*-1;+2. The number of benzene rings is 4. The normalized spacial score (nSPS) is 12.3. The average molecular weight is 488 g/mol. The van der Waals surface area contributed by atoms with Gasteiger partial charge in [-0.2, -0.15) is 6.08 Å². The molecule has 0 spiro atoms. The summed E-state index contributed by atoms with van der Waals surface area (Å²) in [5.41, 5.74) is 3.95. The summed E-state index contributed by atoms with van der Waals surface area (Å²) in [6.07, 6.45) is 8.77. The van der Waals surface area contributed by atoms with Crippen LogP contribution in [0.15, 0.2) is 133 Å². The van der Waals surface area contributed by atoms with Gasteiger partial charge in [0.1, 0.15) is 0 Å². The van der Waals surface area contributed by atoms with Gasteiger partial charge >= 0.3 is 26.2 Å². The van der Waals surface area contributed by atoms with Crippen molar-refractivity contribution in [2.24, 2.45) is 0 Å². The molecule has 0 unspecified atom stereocenters. The van der Waals surface area contributed by atoms with E-state index >= 15 is 0 Å². The van der Waals surface area contributed by atoms with E-state index in [0.29, 0.717) is 5.92 Å². The first-order valence-electron chi connectivity index (χ1n) is 10.8. The molecular weight excluding hydrogens is 464 g/mol. The first kappa shape index (κ1) is 22.3. The van der Waals surface area contributed by atoms with Gasteiger partial charge in [0, 0.05) is 5.92 Å². The summed E-state index contributed by atoms with van der Waals surface area (Å²) >= 11 is 0. The molecule has 5 aromatic rings. The molecule has 6 rings (SSSR count). The zero-order chi connectivity index (χ0) is 20.9. The zero-order valence-electron chi connectivity index (χ0n) is 17.9. The molecular formula is C31H24Zr. The third-order valence-corrected chi connectivity index (χ3v) is 5.82. The molecule has 1 aliphatic carbocycles. The Morgan fingerprint density at radius 1 is 0.594 bits per heavy atom. The van der Waals surface area contributed by atoms with Gasteiger partial charge in [-0.15, -0.1) is 46.2 Å². The molecule has 0 amide bonds. The van der Waals surface area contributed by atoms with Crippen molar-refractivity contribution in [3.8, 4) is 0 Å². The van der Waals surface area contributed by atoms with Gasteiger partial charge in [0.15, 0.2) is 0 Å². The van der Waals surface area contributed by atoms with Crippen molar-refractivity contribution in [2.45, 2.75) is 12.3 Å². The molecule has 1 aliphatic rings. The molecule has 1 heteroatoms. The molecule has 152 valence electrons. The quantitative estimate of drug-likeness (QED) is 0.225. The first-order valence-corrected chi connectivity index (χ1v) is 10.8. The van der Waals surface area contributed by atoms with Gasteiger partial charge in [-0.05, 0) is 11.1 Å². The Morgan fingerprint density at radius 2 is 1.06 bits per heavy atom. The Balaban J connectivity index is 0.000000155. The summed E-state index contributed by atoms with van der Waals surface area (Å²) in [5.74, 6) is 0.311. The Kier molecular flexibility index (Phi) is 7.40. The van der Waals surface area contributed by atoms with Gasteiger partial charge in [0.25, 0.3) is 0 Å². The minimum absolute atomic E-state index is 0. The van der Waals surface area contributed by atoms with E-state index in [1.165, 1.54) is 38.2 Å². The van der Waals surface area contributed by atoms with Crippen molar-refractivity contribution in [1.29, 1.82) is 0 Å². The number of hydrogen-bond acceptors (Lipinski definition) is 0. The van der Waals surface area contributed by atoms with Crippen LogP contribution in [0.4, 0.5) is 0 Å². The van der Waals surface area contributed by atoms with E-state index in [4.69, 9.17) is 0 Å². The fraction of sp³-hybridized carbons (Fsp3) is 0.0645. The second-order valence-electron chi connectivity index (χ2n) is 7.81. The van der Waals surface area contributed by atoms with Gasteiger partial charge in [-0.3, -0.25) is 6.08 Å². The fourth-order valence-electron chi connectivity index (χ4n) is 4.37. The molecule has 0 nitrogen and oxygen atoms in total. The fourth-order valence-corrected chi connectivity index (χ4v) is 4.37.